The molecule has 18 heavy (non-hydrogen) atoms. The molecule has 1 aliphatic rings. The van der Waals surface area contributed by atoms with Crippen molar-refractivity contribution < 1.29 is 9.53 Å². The molecule has 1 aliphatic carbocycles. The summed E-state index contributed by atoms with van der Waals surface area (Å²) < 4.78 is 5.42. The minimum atomic E-state index is -0.443. The van der Waals surface area contributed by atoms with Crippen LogP contribution in [0.4, 0.5) is 0 Å². The zero-order chi connectivity index (χ0) is 13.4. The zero-order valence-electron chi connectivity index (χ0n) is 12.0. The maximum absolute atomic E-state index is 12.1. The van der Waals surface area contributed by atoms with Gasteiger partial charge in [0, 0.05) is 6.04 Å². The van der Waals surface area contributed by atoms with Crippen LogP contribution in [0.5, 0.6) is 0 Å². The quantitative estimate of drug-likeness (QED) is 0.560. The Bertz CT molecular complexity index is 255. The molecule has 0 aromatic rings. The van der Waals surface area contributed by atoms with E-state index < -0.39 is 5.41 Å². The molecule has 0 amide bonds. The summed E-state index contributed by atoms with van der Waals surface area (Å²) in [6.07, 6.45) is 9.96. The van der Waals surface area contributed by atoms with Gasteiger partial charge in [-0.05, 0) is 26.2 Å². The third-order valence-corrected chi connectivity index (χ3v) is 4.23. The molecule has 2 unspecified atom stereocenters. The molecule has 0 heterocycles. The summed E-state index contributed by atoms with van der Waals surface area (Å²) in [6, 6.07) is -0.0289. The van der Waals surface area contributed by atoms with Gasteiger partial charge in [-0.15, -0.1) is 0 Å². The molecule has 106 valence electrons. The van der Waals surface area contributed by atoms with Gasteiger partial charge in [-0.25, -0.2) is 0 Å². The van der Waals surface area contributed by atoms with Crippen LogP contribution in [0.3, 0.4) is 0 Å². The van der Waals surface area contributed by atoms with Crippen LogP contribution in [-0.2, 0) is 9.53 Å². The first kappa shape index (κ1) is 15.5. The highest BCUT2D eigenvalue weighted by Gasteiger charge is 2.42. The van der Waals surface area contributed by atoms with E-state index in [0.717, 1.165) is 38.5 Å². The summed E-state index contributed by atoms with van der Waals surface area (Å²) in [5, 5.41) is 0. The first-order valence-corrected chi connectivity index (χ1v) is 7.54. The van der Waals surface area contributed by atoms with E-state index >= 15 is 0 Å². The summed E-state index contributed by atoms with van der Waals surface area (Å²) in [7, 11) is 0. The van der Waals surface area contributed by atoms with Crippen molar-refractivity contribution in [2.45, 2.75) is 77.7 Å². The smallest absolute Gasteiger partial charge is 0.313 e. The molecule has 0 aliphatic heterocycles. The summed E-state index contributed by atoms with van der Waals surface area (Å²) in [6.45, 7) is 4.73. The molecule has 0 bridgehead atoms. The van der Waals surface area contributed by atoms with Crippen LogP contribution in [-0.4, -0.2) is 18.6 Å². The molecule has 0 aromatic carbocycles. The fourth-order valence-electron chi connectivity index (χ4n) is 2.65. The Morgan fingerprint density at radius 2 is 2.00 bits per heavy atom. The van der Waals surface area contributed by atoms with Crippen molar-refractivity contribution >= 4 is 5.97 Å². The van der Waals surface area contributed by atoms with Crippen molar-refractivity contribution in [2.24, 2.45) is 11.1 Å². The molecule has 0 aromatic heterocycles. The molecular formula is C15H29NO2. The Labute approximate surface area is 111 Å². The van der Waals surface area contributed by atoms with Crippen LogP contribution in [0.15, 0.2) is 0 Å². The Kier molecular flexibility index (Phi) is 6.69. The van der Waals surface area contributed by atoms with Gasteiger partial charge in [0.25, 0.3) is 0 Å². The fourth-order valence-corrected chi connectivity index (χ4v) is 2.65. The fraction of sp³-hybridized carbons (Fsp3) is 0.933. The van der Waals surface area contributed by atoms with Gasteiger partial charge in [0.2, 0.25) is 0 Å². The predicted molar refractivity (Wildman–Crippen MR) is 74.3 cm³/mol. The molecule has 1 fully saturated rings. The molecule has 0 spiro atoms. The Balaban J connectivity index is 2.22. The van der Waals surface area contributed by atoms with Crippen LogP contribution >= 0.6 is 0 Å². The van der Waals surface area contributed by atoms with E-state index in [0.29, 0.717) is 6.61 Å². The van der Waals surface area contributed by atoms with E-state index in [-0.39, 0.29) is 12.0 Å². The molecule has 0 radical (unpaired) electrons. The first-order valence-electron chi connectivity index (χ1n) is 7.54. The van der Waals surface area contributed by atoms with Gasteiger partial charge >= 0.3 is 5.97 Å². The van der Waals surface area contributed by atoms with Crippen LogP contribution in [0.25, 0.3) is 0 Å². The molecule has 2 N–H and O–H groups in total. The average molecular weight is 255 g/mol. The predicted octanol–water partition coefficient (Wildman–Crippen LogP) is 3.41. The van der Waals surface area contributed by atoms with Gasteiger partial charge in [-0.2, -0.15) is 0 Å². The number of rotatable bonds is 7. The van der Waals surface area contributed by atoms with Crippen LogP contribution in [0, 0.1) is 5.41 Å². The zero-order valence-corrected chi connectivity index (χ0v) is 12.0. The summed E-state index contributed by atoms with van der Waals surface area (Å²) in [4.78, 5) is 12.1. The lowest BCUT2D eigenvalue weighted by molar-refractivity contribution is -0.158. The van der Waals surface area contributed by atoms with Crippen molar-refractivity contribution in [1.82, 2.24) is 0 Å². The lowest BCUT2D eigenvalue weighted by Crippen LogP contribution is -2.48. The molecular weight excluding hydrogens is 226 g/mol. The minimum absolute atomic E-state index is 0.0289. The summed E-state index contributed by atoms with van der Waals surface area (Å²) in [5.41, 5.74) is 5.64. The van der Waals surface area contributed by atoms with Gasteiger partial charge in [0.1, 0.15) is 0 Å². The van der Waals surface area contributed by atoms with Gasteiger partial charge in [0.05, 0.1) is 12.0 Å². The molecule has 2 atom stereocenters. The van der Waals surface area contributed by atoms with E-state index in [1.54, 1.807) is 0 Å². The molecule has 1 rings (SSSR count). The first-order chi connectivity index (χ1) is 8.61. The average Bonchev–Trinajstić information content (AvgIpc) is 2.37. The van der Waals surface area contributed by atoms with E-state index in [1.165, 1.54) is 19.3 Å². The normalized spacial score (nSPS) is 28.1. The number of nitrogens with two attached hydrogens (primary N) is 1. The molecule has 3 nitrogen and oxygen atoms in total. The maximum Gasteiger partial charge on any atom is 0.313 e. The van der Waals surface area contributed by atoms with Gasteiger partial charge in [-0.1, -0.05) is 45.4 Å². The lowest BCUT2D eigenvalue weighted by Gasteiger charge is -2.36. The number of esters is 1. The van der Waals surface area contributed by atoms with Crippen molar-refractivity contribution in [3.05, 3.63) is 0 Å². The number of hydrogen-bond acceptors (Lipinski definition) is 3. The summed E-state index contributed by atoms with van der Waals surface area (Å²) >= 11 is 0. The highest BCUT2D eigenvalue weighted by Crippen LogP contribution is 2.36. The topological polar surface area (TPSA) is 52.3 Å². The number of carbonyl (C=O) groups excluding carboxylic acids is 1. The Morgan fingerprint density at radius 3 is 2.67 bits per heavy atom. The number of carbonyl (C=O) groups is 1. The van der Waals surface area contributed by atoms with Crippen LogP contribution in [0.2, 0.25) is 0 Å². The highest BCUT2D eigenvalue weighted by molar-refractivity contribution is 5.77. The van der Waals surface area contributed by atoms with Gasteiger partial charge in [0.15, 0.2) is 0 Å². The third-order valence-electron chi connectivity index (χ3n) is 4.23. The Morgan fingerprint density at radius 1 is 1.28 bits per heavy atom. The lowest BCUT2D eigenvalue weighted by atomic mass is 9.72. The van der Waals surface area contributed by atoms with Gasteiger partial charge in [-0.3, -0.25) is 4.79 Å². The number of ether oxygens (including phenoxy) is 1. The second kappa shape index (κ2) is 7.78. The van der Waals surface area contributed by atoms with Gasteiger partial charge < -0.3 is 10.5 Å². The van der Waals surface area contributed by atoms with E-state index in [2.05, 4.69) is 6.92 Å². The largest absolute Gasteiger partial charge is 0.465 e. The number of hydrogen-bond donors (Lipinski definition) is 1. The van der Waals surface area contributed by atoms with Crippen molar-refractivity contribution in [3.63, 3.8) is 0 Å². The van der Waals surface area contributed by atoms with E-state index in [9.17, 15) is 4.79 Å². The Hall–Kier alpha value is -0.570. The minimum Gasteiger partial charge on any atom is -0.465 e. The second-order valence-corrected chi connectivity index (χ2v) is 5.82. The van der Waals surface area contributed by atoms with E-state index in [4.69, 9.17) is 10.5 Å². The van der Waals surface area contributed by atoms with Crippen molar-refractivity contribution in [1.29, 1.82) is 0 Å². The van der Waals surface area contributed by atoms with Crippen LogP contribution in [0.1, 0.15) is 71.6 Å². The van der Waals surface area contributed by atoms with Crippen LogP contribution < -0.4 is 5.73 Å². The standard InChI is InChI=1S/C15H29NO2/c1-3-4-5-6-9-12-18-14(17)15(2)11-8-7-10-13(15)16/h13H,3-12,16H2,1-2H3. The summed E-state index contributed by atoms with van der Waals surface area (Å²) in [5.74, 6) is -0.0785. The number of unbranched alkanes of at least 4 members (excludes halogenated alkanes) is 4. The molecule has 1 saturated carbocycles. The molecule has 0 saturated heterocycles. The van der Waals surface area contributed by atoms with Crippen molar-refractivity contribution in [3.8, 4) is 0 Å². The maximum atomic E-state index is 12.1. The van der Waals surface area contributed by atoms with E-state index in [1.807, 2.05) is 6.92 Å². The molecule has 3 heteroatoms. The highest BCUT2D eigenvalue weighted by atomic mass is 16.5. The van der Waals surface area contributed by atoms with Crippen molar-refractivity contribution in [2.75, 3.05) is 6.61 Å². The second-order valence-electron chi connectivity index (χ2n) is 5.82. The SMILES string of the molecule is CCCCCCCOC(=O)C1(C)CCCCC1N. The monoisotopic (exact) mass is 255 g/mol. The third kappa shape index (κ3) is 4.27.